The van der Waals surface area contributed by atoms with E-state index in [0.717, 1.165) is 5.56 Å². The van der Waals surface area contributed by atoms with E-state index < -0.39 is 14.4 Å². The van der Waals surface area contributed by atoms with Crippen LogP contribution in [0.15, 0.2) is 18.2 Å². The summed E-state index contributed by atoms with van der Waals surface area (Å²) in [6.07, 6.45) is -1.01. The van der Waals surface area contributed by atoms with Crippen LogP contribution >= 0.6 is 0 Å². The Balaban J connectivity index is 3.37. The lowest BCUT2D eigenvalue weighted by molar-refractivity contribution is -0.00119. The highest BCUT2D eigenvalue weighted by molar-refractivity contribution is 6.74. The summed E-state index contributed by atoms with van der Waals surface area (Å²) in [6.45, 7) is 14.8. The molecule has 0 aliphatic carbocycles. The predicted octanol–water partition coefficient (Wildman–Crippen LogP) is 4.39. The summed E-state index contributed by atoms with van der Waals surface area (Å²) in [5.74, 6) is 1.20. The van der Waals surface area contributed by atoms with Crippen molar-refractivity contribution in [2.75, 3.05) is 20.8 Å². The van der Waals surface area contributed by atoms with E-state index in [2.05, 4.69) is 40.8 Å². The Labute approximate surface area is 165 Å². The van der Waals surface area contributed by atoms with Crippen molar-refractivity contribution in [1.29, 1.82) is 0 Å². The molecule has 6 heteroatoms. The highest BCUT2D eigenvalue weighted by Crippen LogP contribution is 2.44. The second-order valence-electron chi connectivity index (χ2n) is 8.88. The summed E-state index contributed by atoms with van der Waals surface area (Å²) in [5, 5.41) is 19.7. The molecule has 0 aromatic heterocycles. The minimum absolute atomic E-state index is 0.000578. The van der Waals surface area contributed by atoms with Crippen molar-refractivity contribution in [3.05, 3.63) is 23.8 Å². The van der Waals surface area contributed by atoms with Crippen molar-refractivity contribution in [2.24, 2.45) is 11.8 Å². The fourth-order valence-corrected chi connectivity index (χ4v) is 4.13. The number of aliphatic hydroxyl groups excluding tert-OH is 2. The van der Waals surface area contributed by atoms with E-state index in [1.807, 2.05) is 25.1 Å². The SMILES string of the molecule is COc1ccc([C@H](O[Si](C)(C)C(C)(C)C)[C@H](C)[C@@H](C)C(O)CO)cc1OC. The largest absolute Gasteiger partial charge is 0.493 e. The molecule has 4 atom stereocenters. The van der Waals surface area contributed by atoms with Gasteiger partial charge in [-0.15, -0.1) is 0 Å². The zero-order valence-corrected chi connectivity index (χ0v) is 19.4. The van der Waals surface area contributed by atoms with Crippen LogP contribution in [0.5, 0.6) is 11.5 Å². The summed E-state index contributed by atoms with van der Waals surface area (Å²) >= 11 is 0. The smallest absolute Gasteiger partial charge is 0.192 e. The van der Waals surface area contributed by atoms with Gasteiger partial charge in [-0.25, -0.2) is 0 Å². The van der Waals surface area contributed by atoms with Crippen molar-refractivity contribution in [3.63, 3.8) is 0 Å². The zero-order valence-electron chi connectivity index (χ0n) is 18.4. The Kier molecular flexibility index (Phi) is 8.35. The zero-order chi connectivity index (χ0) is 21.0. The number of benzene rings is 1. The number of hydrogen-bond donors (Lipinski definition) is 2. The molecule has 0 spiro atoms. The van der Waals surface area contributed by atoms with Gasteiger partial charge in [0.1, 0.15) is 0 Å². The lowest BCUT2D eigenvalue weighted by atomic mass is 9.84. The average molecular weight is 399 g/mol. The molecule has 5 nitrogen and oxygen atoms in total. The van der Waals surface area contributed by atoms with E-state index in [4.69, 9.17) is 13.9 Å². The van der Waals surface area contributed by atoms with Gasteiger partial charge in [0.15, 0.2) is 19.8 Å². The first-order chi connectivity index (χ1) is 12.4. The summed E-state index contributed by atoms with van der Waals surface area (Å²) in [4.78, 5) is 0. The van der Waals surface area contributed by atoms with Crippen LogP contribution in [-0.2, 0) is 4.43 Å². The molecule has 0 aliphatic rings. The fourth-order valence-electron chi connectivity index (χ4n) is 2.80. The highest BCUT2D eigenvalue weighted by atomic mass is 28.4. The van der Waals surface area contributed by atoms with Crippen LogP contribution in [0.3, 0.4) is 0 Å². The molecule has 1 unspecified atom stereocenters. The van der Waals surface area contributed by atoms with Crippen LogP contribution in [0.1, 0.15) is 46.3 Å². The Bertz CT molecular complexity index is 597. The predicted molar refractivity (Wildman–Crippen MR) is 112 cm³/mol. The van der Waals surface area contributed by atoms with E-state index in [1.54, 1.807) is 14.2 Å². The van der Waals surface area contributed by atoms with Gasteiger partial charge in [0, 0.05) is 0 Å². The van der Waals surface area contributed by atoms with Gasteiger partial charge in [0.05, 0.1) is 33.0 Å². The molecule has 0 aliphatic heterocycles. The van der Waals surface area contributed by atoms with Crippen LogP contribution in [0, 0.1) is 11.8 Å². The fraction of sp³-hybridized carbons (Fsp3) is 0.714. The molecule has 156 valence electrons. The second kappa shape index (κ2) is 9.41. The quantitative estimate of drug-likeness (QED) is 0.604. The Hall–Kier alpha value is -1.08. The Morgan fingerprint density at radius 2 is 1.56 bits per heavy atom. The maximum Gasteiger partial charge on any atom is 0.192 e. The third kappa shape index (κ3) is 5.70. The first kappa shape index (κ1) is 24.0. The number of methoxy groups -OCH3 is 2. The van der Waals surface area contributed by atoms with Gasteiger partial charge in [-0.1, -0.05) is 40.7 Å². The average Bonchev–Trinajstić information content (AvgIpc) is 2.62. The van der Waals surface area contributed by atoms with Crippen molar-refractivity contribution < 1.29 is 24.1 Å². The molecular formula is C21H38O5Si. The van der Waals surface area contributed by atoms with Gasteiger partial charge in [-0.2, -0.15) is 0 Å². The lowest BCUT2D eigenvalue weighted by Gasteiger charge is -2.42. The van der Waals surface area contributed by atoms with E-state index in [0.29, 0.717) is 11.5 Å². The van der Waals surface area contributed by atoms with E-state index >= 15 is 0 Å². The molecule has 2 N–H and O–H groups in total. The number of ether oxygens (including phenoxy) is 2. The van der Waals surface area contributed by atoms with E-state index in [9.17, 15) is 10.2 Å². The molecule has 1 aromatic rings. The summed E-state index contributed by atoms with van der Waals surface area (Å²) < 4.78 is 17.6. The van der Waals surface area contributed by atoms with Crippen LogP contribution in [0.4, 0.5) is 0 Å². The van der Waals surface area contributed by atoms with Crippen LogP contribution in [0.2, 0.25) is 18.1 Å². The maximum atomic E-state index is 10.2. The molecule has 0 bridgehead atoms. The second-order valence-corrected chi connectivity index (χ2v) is 13.6. The molecule has 0 saturated heterocycles. The molecule has 0 fully saturated rings. The Morgan fingerprint density at radius 3 is 2.00 bits per heavy atom. The molecule has 0 amide bonds. The third-order valence-electron chi connectivity index (χ3n) is 6.06. The number of hydrogen-bond acceptors (Lipinski definition) is 5. The van der Waals surface area contributed by atoms with E-state index in [1.165, 1.54) is 0 Å². The summed E-state index contributed by atoms with van der Waals surface area (Å²) in [5.41, 5.74) is 0.988. The molecule has 0 radical (unpaired) electrons. The van der Waals surface area contributed by atoms with Gasteiger partial charge in [0.2, 0.25) is 0 Å². The molecule has 1 aromatic carbocycles. The summed E-state index contributed by atoms with van der Waals surface area (Å²) in [6, 6.07) is 5.83. The van der Waals surface area contributed by atoms with Gasteiger partial charge in [0.25, 0.3) is 0 Å². The van der Waals surface area contributed by atoms with Crippen molar-refractivity contribution in [2.45, 2.75) is 65.0 Å². The standard InChI is InChI=1S/C21H38O5Si/c1-14(17(23)13-22)15(2)20(26-27(8,9)21(3,4)5)16-10-11-18(24-6)19(12-16)25-7/h10-12,14-15,17,20,22-23H,13H2,1-9H3/t14-,15-,17?,20-/m1/s1. The van der Waals surface area contributed by atoms with Gasteiger partial charge >= 0.3 is 0 Å². The molecule has 0 saturated carbocycles. The number of rotatable bonds is 9. The normalized spacial score (nSPS) is 17.1. The van der Waals surface area contributed by atoms with Crippen molar-refractivity contribution in [1.82, 2.24) is 0 Å². The Morgan fingerprint density at radius 1 is 1.00 bits per heavy atom. The minimum Gasteiger partial charge on any atom is -0.493 e. The van der Waals surface area contributed by atoms with Gasteiger partial charge < -0.3 is 24.1 Å². The minimum atomic E-state index is -2.07. The van der Waals surface area contributed by atoms with Gasteiger partial charge in [-0.3, -0.25) is 0 Å². The third-order valence-corrected chi connectivity index (χ3v) is 10.5. The summed E-state index contributed by atoms with van der Waals surface area (Å²) in [7, 11) is 1.16. The molecular weight excluding hydrogens is 360 g/mol. The first-order valence-corrected chi connectivity index (χ1v) is 12.5. The monoisotopic (exact) mass is 398 g/mol. The van der Waals surface area contributed by atoms with Crippen LogP contribution in [0.25, 0.3) is 0 Å². The highest BCUT2D eigenvalue weighted by Gasteiger charge is 2.42. The molecule has 27 heavy (non-hydrogen) atoms. The first-order valence-electron chi connectivity index (χ1n) is 9.58. The topological polar surface area (TPSA) is 68.2 Å². The van der Waals surface area contributed by atoms with Crippen LogP contribution in [-0.4, -0.2) is 45.5 Å². The lowest BCUT2D eigenvalue weighted by Crippen LogP contribution is -2.44. The van der Waals surface area contributed by atoms with Gasteiger partial charge in [-0.05, 0) is 47.7 Å². The van der Waals surface area contributed by atoms with Crippen molar-refractivity contribution >= 4 is 8.32 Å². The number of aliphatic hydroxyl groups is 2. The van der Waals surface area contributed by atoms with Crippen LogP contribution < -0.4 is 9.47 Å². The van der Waals surface area contributed by atoms with E-state index in [-0.39, 0.29) is 29.6 Å². The maximum absolute atomic E-state index is 10.2. The molecule has 0 heterocycles. The van der Waals surface area contributed by atoms with Crippen molar-refractivity contribution in [3.8, 4) is 11.5 Å². The molecule has 1 rings (SSSR count).